The lowest BCUT2D eigenvalue weighted by Gasteiger charge is -2.39. The van der Waals surface area contributed by atoms with Gasteiger partial charge in [0.1, 0.15) is 11.4 Å². The fourth-order valence-electron chi connectivity index (χ4n) is 3.43. The molecule has 0 saturated carbocycles. The van der Waals surface area contributed by atoms with Gasteiger partial charge in [0.15, 0.2) is 5.82 Å². The van der Waals surface area contributed by atoms with Crippen LogP contribution in [-0.2, 0) is 4.79 Å². The number of carbonyl (C=O) groups excluding carboxylic acids is 1. The molecule has 150 valence electrons. The van der Waals surface area contributed by atoms with Gasteiger partial charge < -0.3 is 14.7 Å². The van der Waals surface area contributed by atoms with E-state index in [0.29, 0.717) is 54.9 Å². The van der Waals surface area contributed by atoms with Gasteiger partial charge in [0.25, 0.3) is 5.69 Å². The number of hydrogen-bond donors (Lipinski definition) is 1. The monoisotopic (exact) mass is 407 g/mol. The lowest BCUT2D eigenvalue weighted by Crippen LogP contribution is -2.53. The quantitative estimate of drug-likeness (QED) is 0.579. The van der Waals surface area contributed by atoms with Crippen LogP contribution in [0.25, 0.3) is 0 Å². The summed E-state index contributed by atoms with van der Waals surface area (Å²) in [4.78, 5) is 27.6. The number of amides is 1. The topological polar surface area (TPSA) is 105 Å². The standard InChI is InChI=1S/C18H22ClN5O4/c1-3-14(18(25)20-17-10-12(2)28-21-17)22-6-8-23(9-7-22)15-5-4-13(19)11-16(15)24(26)27/h4-5,10-11,14H,3,6-9H2,1-2H3,(H,20,21,25). The van der Waals surface area contributed by atoms with Crippen LogP contribution in [0.1, 0.15) is 19.1 Å². The van der Waals surface area contributed by atoms with Crippen molar-refractivity contribution in [1.82, 2.24) is 10.1 Å². The van der Waals surface area contributed by atoms with E-state index in [4.69, 9.17) is 16.1 Å². The number of nitro benzene ring substituents is 1. The molecular formula is C18H22ClN5O4. The van der Waals surface area contributed by atoms with E-state index in [0.717, 1.165) is 0 Å². The minimum Gasteiger partial charge on any atom is -0.363 e. The van der Waals surface area contributed by atoms with E-state index in [-0.39, 0.29) is 17.6 Å². The SMILES string of the molecule is CCC(C(=O)Nc1cc(C)on1)N1CCN(c2ccc(Cl)cc2[N+](=O)[O-])CC1. The van der Waals surface area contributed by atoms with E-state index >= 15 is 0 Å². The van der Waals surface area contributed by atoms with Gasteiger partial charge in [-0.1, -0.05) is 23.7 Å². The molecule has 0 bridgehead atoms. The third kappa shape index (κ3) is 4.42. The van der Waals surface area contributed by atoms with E-state index < -0.39 is 4.92 Å². The average molecular weight is 408 g/mol. The Morgan fingerprint density at radius 1 is 1.36 bits per heavy atom. The van der Waals surface area contributed by atoms with Crippen LogP contribution < -0.4 is 10.2 Å². The molecule has 1 fully saturated rings. The Labute approximate surface area is 167 Å². The van der Waals surface area contributed by atoms with Crippen molar-refractivity contribution in [3.05, 3.63) is 45.2 Å². The fraction of sp³-hybridized carbons (Fsp3) is 0.444. The second kappa shape index (κ2) is 8.57. The molecule has 2 aromatic rings. The molecule has 3 rings (SSSR count). The lowest BCUT2D eigenvalue weighted by molar-refractivity contribution is -0.384. The first-order valence-electron chi connectivity index (χ1n) is 9.06. The molecule has 1 aromatic heterocycles. The molecular weight excluding hydrogens is 386 g/mol. The summed E-state index contributed by atoms with van der Waals surface area (Å²) in [5.74, 6) is 0.889. The predicted octanol–water partition coefficient (Wildman–Crippen LogP) is 3.08. The second-order valence-electron chi connectivity index (χ2n) is 6.65. The van der Waals surface area contributed by atoms with Crippen LogP contribution in [0.3, 0.4) is 0 Å². The summed E-state index contributed by atoms with van der Waals surface area (Å²) >= 11 is 5.90. The third-order valence-corrected chi connectivity index (χ3v) is 5.03. The number of hydrogen-bond acceptors (Lipinski definition) is 7. The number of nitro groups is 1. The highest BCUT2D eigenvalue weighted by molar-refractivity contribution is 6.30. The van der Waals surface area contributed by atoms with Gasteiger partial charge in [-0.05, 0) is 25.5 Å². The Kier molecular flexibility index (Phi) is 6.15. The summed E-state index contributed by atoms with van der Waals surface area (Å²) in [5.41, 5.74) is 0.539. The Morgan fingerprint density at radius 3 is 2.64 bits per heavy atom. The Hall–Kier alpha value is -2.65. The molecule has 10 heteroatoms. The number of carbonyl (C=O) groups is 1. The van der Waals surface area contributed by atoms with Gasteiger partial charge in [0.05, 0.1) is 11.0 Å². The number of nitrogens with zero attached hydrogens (tertiary/aromatic N) is 4. The van der Waals surface area contributed by atoms with E-state index in [9.17, 15) is 14.9 Å². The normalized spacial score (nSPS) is 16.0. The van der Waals surface area contributed by atoms with E-state index in [2.05, 4.69) is 15.4 Å². The van der Waals surface area contributed by atoms with Crippen molar-refractivity contribution in [2.45, 2.75) is 26.3 Å². The Bertz CT molecular complexity index is 863. The molecule has 1 saturated heterocycles. The molecule has 1 N–H and O–H groups in total. The number of nitrogens with one attached hydrogen (secondary N) is 1. The maximum absolute atomic E-state index is 12.6. The average Bonchev–Trinajstić information content (AvgIpc) is 3.07. The second-order valence-corrected chi connectivity index (χ2v) is 7.09. The van der Waals surface area contributed by atoms with Crippen LogP contribution in [0.5, 0.6) is 0 Å². The summed E-state index contributed by atoms with van der Waals surface area (Å²) in [5, 5.41) is 18.3. The number of anilines is 2. The van der Waals surface area contributed by atoms with Gasteiger partial charge in [-0.15, -0.1) is 0 Å². The summed E-state index contributed by atoms with van der Waals surface area (Å²) in [7, 11) is 0. The van der Waals surface area contributed by atoms with Gasteiger partial charge in [-0.25, -0.2) is 0 Å². The molecule has 2 heterocycles. The Balaban J connectivity index is 1.65. The van der Waals surface area contributed by atoms with Crippen LogP contribution >= 0.6 is 11.6 Å². The highest BCUT2D eigenvalue weighted by Crippen LogP contribution is 2.32. The molecule has 0 radical (unpaired) electrons. The molecule has 1 aliphatic heterocycles. The first-order valence-corrected chi connectivity index (χ1v) is 9.44. The van der Waals surface area contributed by atoms with E-state index in [1.54, 1.807) is 25.1 Å². The zero-order chi connectivity index (χ0) is 20.3. The van der Waals surface area contributed by atoms with Crippen LogP contribution in [0.15, 0.2) is 28.8 Å². The molecule has 28 heavy (non-hydrogen) atoms. The zero-order valence-electron chi connectivity index (χ0n) is 15.7. The van der Waals surface area contributed by atoms with Crippen molar-refractivity contribution in [2.75, 3.05) is 36.4 Å². The molecule has 1 amide bonds. The van der Waals surface area contributed by atoms with Crippen molar-refractivity contribution in [3.8, 4) is 0 Å². The maximum Gasteiger partial charge on any atom is 0.294 e. The minimum absolute atomic E-state index is 0.00728. The predicted molar refractivity (Wildman–Crippen MR) is 106 cm³/mol. The van der Waals surface area contributed by atoms with Gasteiger partial charge in [0.2, 0.25) is 5.91 Å². The number of rotatable bonds is 6. The largest absolute Gasteiger partial charge is 0.363 e. The smallest absolute Gasteiger partial charge is 0.294 e. The molecule has 1 aromatic carbocycles. The molecule has 0 aliphatic carbocycles. The minimum atomic E-state index is -0.421. The molecule has 0 spiro atoms. The van der Waals surface area contributed by atoms with Gasteiger partial charge in [-0.3, -0.25) is 19.8 Å². The number of aromatic nitrogens is 1. The van der Waals surface area contributed by atoms with Crippen molar-refractivity contribution >= 4 is 34.7 Å². The highest BCUT2D eigenvalue weighted by atomic mass is 35.5. The molecule has 1 aliphatic rings. The first-order chi connectivity index (χ1) is 13.4. The summed E-state index contributed by atoms with van der Waals surface area (Å²) in [6.45, 7) is 6.10. The summed E-state index contributed by atoms with van der Waals surface area (Å²) in [6.07, 6.45) is 0.643. The van der Waals surface area contributed by atoms with Crippen molar-refractivity contribution < 1.29 is 14.2 Å². The first kappa shape index (κ1) is 20.1. The van der Waals surface area contributed by atoms with Gasteiger partial charge >= 0.3 is 0 Å². The zero-order valence-corrected chi connectivity index (χ0v) is 16.5. The summed E-state index contributed by atoms with van der Waals surface area (Å²) < 4.78 is 4.98. The molecule has 1 unspecified atom stereocenters. The van der Waals surface area contributed by atoms with Gasteiger partial charge in [0, 0.05) is 43.3 Å². The lowest BCUT2D eigenvalue weighted by atomic mass is 10.1. The number of benzene rings is 1. The van der Waals surface area contributed by atoms with Crippen LogP contribution in [0.4, 0.5) is 17.2 Å². The van der Waals surface area contributed by atoms with Crippen LogP contribution in [0.2, 0.25) is 5.02 Å². The van der Waals surface area contributed by atoms with Crippen molar-refractivity contribution in [1.29, 1.82) is 0 Å². The number of aryl methyl sites for hydroxylation is 1. The summed E-state index contributed by atoms with van der Waals surface area (Å²) in [6, 6.07) is 6.05. The maximum atomic E-state index is 12.6. The molecule has 1 atom stereocenters. The van der Waals surface area contributed by atoms with Crippen LogP contribution in [-0.4, -0.2) is 53.1 Å². The van der Waals surface area contributed by atoms with E-state index in [1.165, 1.54) is 6.07 Å². The van der Waals surface area contributed by atoms with E-state index in [1.807, 2.05) is 11.8 Å². The number of piperazine rings is 1. The number of halogens is 1. The van der Waals surface area contributed by atoms with Crippen molar-refractivity contribution in [2.24, 2.45) is 0 Å². The Morgan fingerprint density at radius 2 is 2.07 bits per heavy atom. The molecule has 9 nitrogen and oxygen atoms in total. The van der Waals surface area contributed by atoms with Gasteiger partial charge in [-0.2, -0.15) is 0 Å². The highest BCUT2D eigenvalue weighted by Gasteiger charge is 2.30. The fourth-order valence-corrected chi connectivity index (χ4v) is 3.60. The third-order valence-electron chi connectivity index (χ3n) is 4.80. The van der Waals surface area contributed by atoms with Crippen LogP contribution in [0, 0.1) is 17.0 Å². The van der Waals surface area contributed by atoms with Crippen molar-refractivity contribution in [3.63, 3.8) is 0 Å².